The van der Waals surface area contributed by atoms with Crippen molar-refractivity contribution in [3.05, 3.63) is 35.1 Å². The quantitative estimate of drug-likeness (QED) is 0.640. The molecule has 3 heterocycles. The van der Waals surface area contributed by atoms with Crippen LogP contribution in [-0.4, -0.2) is 39.5 Å². The molecule has 8 heteroatoms. The molecule has 4 rings (SSSR count). The maximum atomic E-state index is 5.80. The highest BCUT2D eigenvalue weighted by Gasteiger charge is 2.21. The number of nitrogens with zero attached hydrogens (tertiary/aromatic N) is 4. The molecule has 1 aliphatic heterocycles. The van der Waals surface area contributed by atoms with E-state index < -0.39 is 0 Å². The predicted molar refractivity (Wildman–Crippen MR) is 101 cm³/mol. The van der Waals surface area contributed by atoms with Crippen molar-refractivity contribution in [2.45, 2.75) is 42.9 Å². The van der Waals surface area contributed by atoms with Gasteiger partial charge in [0.05, 0.1) is 35.2 Å². The molecule has 1 N–H and O–H groups in total. The van der Waals surface area contributed by atoms with E-state index in [-0.39, 0.29) is 6.10 Å². The number of aromatic nitrogens is 4. The summed E-state index contributed by atoms with van der Waals surface area (Å²) in [6.45, 7) is 2.40. The van der Waals surface area contributed by atoms with Gasteiger partial charge in [-0.05, 0) is 32.0 Å². The maximum absolute atomic E-state index is 5.80. The van der Waals surface area contributed by atoms with Crippen molar-refractivity contribution in [1.82, 2.24) is 25.1 Å². The molecule has 2 aromatic heterocycles. The van der Waals surface area contributed by atoms with E-state index in [1.807, 2.05) is 13.1 Å². The van der Waals surface area contributed by atoms with Gasteiger partial charge in [0, 0.05) is 6.61 Å². The highest BCUT2D eigenvalue weighted by molar-refractivity contribution is 7.98. The molecule has 1 fully saturated rings. The van der Waals surface area contributed by atoms with Crippen LogP contribution in [0, 0.1) is 0 Å². The third kappa shape index (κ3) is 3.87. The van der Waals surface area contributed by atoms with Crippen LogP contribution in [-0.2, 0) is 23.6 Å². The van der Waals surface area contributed by atoms with Gasteiger partial charge in [0.15, 0.2) is 5.16 Å². The molecule has 0 spiro atoms. The van der Waals surface area contributed by atoms with Gasteiger partial charge in [0.2, 0.25) is 0 Å². The maximum Gasteiger partial charge on any atom is 0.191 e. The summed E-state index contributed by atoms with van der Waals surface area (Å²) in [5, 5.41) is 14.0. The Morgan fingerprint density at radius 3 is 3.08 bits per heavy atom. The minimum Gasteiger partial charge on any atom is -0.376 e. The lowest BCUT2D eigenvalue weighted by atomic mass is 10.2. The Morgan fingerprint density at radius 1 is 1.36 bits per heavy atom. The summed E-state index contributed by atoms with van der Waals surface area (Å²) in [4.78, 5) is 4.71. The topological polar surface area (TPSA) is 64.9 Å². The zero-order valence-electron chi connectivity index (χ0n) is 14.1. The SMILES string of the molecule is CNCc1nnc(SCc2nc3ccccc3s2)n1C[C@@H]1CCCO1. The van der Waals surface area contributed by atoms with Crippen LogP contribution in [0.4, 0.5) is 0 Å². The molecule has 0 aliphatic carbocycles. The molecule has 132 valence electrons. The molecular weight excluding hydrogens is 354 g/mol. The highest BCUT2D eigenvalue weighted by Crippen LogP contribution is 2.28. The molecule has 0 radical (unpaired) electrons. The first-order chi connectivity index (χ1) is 12.3. The summed E-state index contributed by atoms with van der Waals surface area (Å²) in [6, 6.07) is 8.26. The van der Waals surface area contributed by atoms with Gasteiger partial charge in [0.25, 0.3) is 0 Å². The summed E-state index contributed by atoms with van der Waals surface area (Å²) in [5.41, 5.74) is 1.07. The van der Waals surface area contributed by atoms with Crippen LogP contribution in [0.2, 0.25) is 0 Å². The van der Waals surface area contributed by atoms with Crippen molar-refractivity contribution in [1.29, 1.82) is 0 Å². The van der Waals surface area contributed by atoms with Crippen LogP contribution in [0.15, 0.2) is 29.4 Å². The van der Waals surface area contributed by atoms with Gasteiger partial charge in [0.1, 0.15) is 10.8 Å². The third-order valence-electron chi connectivity index (χ3n) is 4.20. The van der Waals surface area contributed by atoms with Crippen LogP contribution < -0.4 is 5.32 Å². The summed E-state index contributed by atoms with van der Waals surface area (Å²) in [6.07, 6.45) is 2.52. The first-order valence-electron chi connectivity index (χ1n) is 8.49. The predicted octanol–water partition coefficient (Wildman–Crippen LogP) is 3.08. The van der Waals surface area contributed by atoms with Crippen molar-refractivity contribution < 1.29 is 4.74 Å². The fourth-order valence-corrected chi connectivity index (χ4v) is 4.92. The Hall–Kier alpha value is -1.48. The van der Waals surface area contributed by atoms with E-state index in [9.17, 15) is 0 Å². The first-order valence-corrected chi connectivity index (χ1v) is 10.3. The van der Waals surface area contributed by atoms with Crippen LogP contribution in [0.5, 0.6) is 0 Å². The van der Waals surface area contributed by atoms with Crippen LogP contribution >= 0.6 is 23.1 Å². The molecule has 0 amide bonds. The molecule has 1 atom stereocenters. The van der Waals surface area contributed by atoms with E-state index in [1.54, 1.807) is 23.1 Å². The zero-order valence-corrected chi connectivity index (χ0v) is 15.8. The molecule has 6 nitrogen and oxygen atoms in total. The van der Waals surface area contributed by atoms with E-state index in [1.165, 1.54) is 4.70 Å². The zero-order chi connectivity index (χ0) is 17.1. The van der Waals surface area contributed by atoms with Crippen LogP contribution in [0.1, 0.15) is 23.7 Å². The van der Waals surface area contributed by atoms with E-state index in [0.717, 1.165) is 53.3 Å². The Balaban J connectivity index is 1.50. The Labute approximate surface area is 155 Å². The summed E-state index contributed by atoms with van der Waals surface area (Å²) in [7, 11) is 1.93. The van der Waals surface area contributed by atoms with Crippen molar-refractivity contribution in [2.24, 2.45) is 0 Å². The smallest absolute Gasteiger partial charge is 0.191 e. The number of fused-ring (bicyclic) bond motifs is 1. The molecule has 0 saturated carbocycles. The van der Waals surface area contributed by atoms with Crippen molar-refractivity contribution >= 4 is 33.3 Å². The fourth-order valence-electron chi connectivity index (χ4n) is 3.00. The first kappa shape index (κ1) is 17.0. The number of benzene rings is 1. The largest absolute Gasteiger partial charge is 0.376 e. The summed E-state index contributed by atoms with van der Waals surface area (Å²) in [5.74, 6) is 1.77. The summed E-state index contributed by atoms with van der Waals surface area (Å²) >= 11 is 3.45. The van der Waals surface area contributed by atoms with E-state index in [2.05, 4.69) is 38.3 Å². The summed E-state index contributed by atoms with van der Waals surface area (Å²) < 4.78 is 9.23. The normalized spacial score (nSPS) is 17.6. The molecule has 1 saturated heterocycles. The van der Waals surface area contributed by atoms with E-state index in [4.69, 9.17) is 9.72 Å². The molecule has 1 aliphatic rings. The number of rotatable bonds is 7. The number of thioether (sulfide) groups is 1. The second kappa shape index (κ2) is 7.82. The third-order valence-corrected chi connectivity index (χ3v) is 6.40. The number of hydrogen-bond acceptors (Lipinski definition) is 7. The average molecular weight is 376 g/mol. The number of hydrogen-bond donors (Lipinski definition) is 1. The Kier molecular flexibility index (Phi) is 5.30. The molecule has 1 aromatic carbocycles. The Bertz CT molecular complexity index is 808. The fraction of sp³-hybridized carbons (Fsp3) is 0.471. The van der Waals surface area contributed by atoms with Crippen molar-refractivity contribution in [3.8, 4) is 0 Å². The highest BCUT2D eigenvalue weighted by atomic mass is 32.2. The van der Waals surface area contributed by atoms with Gasteiger partial charge >= 0.3 is 0 Å². The standard InChI is InChI=1S/C17H21N5OS2/c1-18-9-15-20-21-17(22(15)10-12-5-4-8-23-12)24-11-16-19-13-6-2-3-7-14(13)25-16/h2-3,6-7,12,18H,4-5,8-11H2,1H3/t12-/m0/s1. The molecule has 3 aromatic rings. The minimum atomic E-state index is 0.272. The Morgan fingerprint density at radius 2 is 2.28 bits per heavy atom. The monoisotopic (exact) mass is 375 g/mol. The number of ether oxygens (including phenoxy) is 1. The lowest BCUT2D eigenvalue weighted by Crippen LogP contribution is -2.20. The second-order valence-corrected chi connectivity index (χ2v) is 8.10. The van der Waals surface area contributed by atoms with Gasteiger partial charge < -0.3 is 14.6 Å². The lowest BCUT2D eigenvalue weighted by Gasteiger charge is -2.14. The van der Waals surface area contributed by atoms with Crippen molar-refractivity contribution in [2.75, 3.05) is 13.7 Å². The number of thiazole rings is 1. The van der Waals surface area contributed by atoms with Gasteiger partial charge in [-0.1, -0.05) is 23.9 Å². The molecule has 25 heavy (non-hydrogen) atoms. The molecule has 0 bridgehead atoms. The number of para-hydroxylation sites is 1. The van der Waals surface area contributed by atoms with Crippen LogP contribution in [0.3, 0.4) is 0 Å². The van der Waals surface area contributed by atoms with Gasteiger partial charge in [-0.3, -0.25) is 0 Å². The van der Waals surface area contributed by atoms with E-state index >= 15 is 0 Å². The van der Waals surface area contributed by atoms with Gasteiger partial charge in [-0.15, -0.1) is 21.5 Å². The van der Waals surface area contributed by atoms with Gasteiger partial charge in [-0.2, -0.15) is 0 Å². The second-order valence-electron chi connectivity index (χ2n) is 6.04. The average Bonchev–Trinajstić information content (AvgIpc) is 3.35. The van der Waals surface area contributed by atoms with E-state index in [0.29, 0.717) is 6.54 Å². The van der Waals surface area contributed by atoms with Crippen LogP contribution in [0.25, 0.3) is 10.2 Å². The minimum absolute atomic E-state index is 0.272. The lowest BCUT2D eigenvalue weighted by molar-refractivity contribution is 0.0941. The number of nitrogens with one attached hydrogen (secondary N) is 1. The van der Waals surface area contributed by atoms with Gasteiger partial charge in [-0.25, -0.2) is 4.98 Å². The van der Waals surface area contributed by atoms with Crippen molar-refractivity contribution in [3.63, 3.8) is 0 Å². The molecule has 0 unspecified atom stereocenters. The molecular formula is C17H21N5OS2.